The summed E-state index contributed by atoms with van der Waals surface area (Å²) in [6.07, 6.45) is 1.30. The topological polar surface area (TPSA) is 138 Å². The number of methoxy groups -OCH3 is 2. The van der Waals surface area contributed by atoms with Gasteiger partial charge in [0.25, 0.3) is 0 Å². The highest BCUT2D eigenvalue weighted by Crippen LogP contribution is 2.45. The van der Waals surface area contributed by atoms with Gasteiger partial charge in [0.1, 0.15) is 11.6 Å². The second-order valence-electron chi connectivity index (χ2n) is 12.4. The maximum absolute atomic E-state index is 11.6. The molecule has 2 aromatic heterocycles. The number of halogens is 2. The van der Waals surface area contributed by atoms with Crippen molar-refractivity contribution in [1.29, 1.82) is 0 Å². The van der Waals surface area contributed by atoms with Gasteiger partial charge in [0.05, 0.1) is 42.2 Å². The van der Waals surface area contributed by atoms with E-state index in [1.54, 1.807) is 13.2 Å². The average Bonchev–Trinajstić information content (AvgIpc) is 3.73. The Morgan fingerprint density at radius 1 is 1.06 bits per heavy atom. The zero-order chi connectivity index (χ0) is 34.9. The first kappa shape index (κ1) is 35.1. The van der Waals surface area contributed by atoms with Gasteiger partial charge in [-0.05, 0) is 77.6 Å². The fourth-order valence-electron chi connectivity index (χ4n) is 6.42. The summed E-state index contributed by atoms with van der Waals surface area (Å²) >= 11 is 10.7. The summed E-state index contributed by atoms with van der Waals surface area (Å²) in [6.45, 7) is 2.80. The van der Waals surface area contributed by atoms with Crippen molar-refractivity contribution in [3.05, 3.63) is 86.3 Å². The second kappa shape index (κ2) is 14.6. The molecule has 0 spiro atoms. The third kappa shape index (κ3) is 6.86. The van der Waals surface area contributed by atoms with Crippen LogP contribution in [0, 0.1) is 0 Å². The monoisotopic (exact) mass is 751 g/mol. The van der Waals surface area contributed by atoms with E-state index in [1.165, 1.54) is 14.0 Å². The van der Waals surface area contributed by atoms with Gasteiger partial charge in [-0.15, -0.1) is 0 Å². The molecule has 4 aromatic rings. The van der Waals surface area contributed by atoms with Crippen LogP contribution < -0.4 is 24.8 Å². The number of pyridine rings is 2. The number of aliphatic hydroxyl groups is 1. The van der Waals surface area contributed by atoms with Crippen molar-refractivity contribution < 1.29 is 29.2 Å². The molecule has 258 valence electrons. The predicted octanol–water partition coefficient (Wildman–Crippen LogP) is 5.77. The predicted molar refractivity (Wildman–Crippen MR) is 190 cm³/mol. The molecular weight excluding hydrogens is 714 g/mol. The number of carboxylic acids is 1. The minimum absolute atomic E-state index is 0.0410. The number of ether oxygens (including phenoxy) is 3. The molecule has 0 radical (unpaired) electrons. The van der Waals surface area contributed by atoms with Crippen LogP contribution in [0.2, 0.25) is 5.02 Å². The molecule has 4 N–H and O–H groups in total. The van der Waals surface area contributed by atoms with Crippen LogP contribution in [-0.2, 0) is 17.8 Å². The molecule has 0 amide bonds. The molecule has 13 heteroatoms. The molecule has 1 aliphatic carbocycles. The van der Waals surface area contributed by atoms with Crippen molar-refractivity contribution in [3.63, 3.8) is 0 Å². The van der Waals surface area contributed by atoms with Crippen LogP contribution in [0.5, 0.6) is 17.6 Å². The molecular formula is C36H39BrClN5O6. The molecule has 2 aliphatic rings. The van der Waals surface area contributed by atoms with Crippen LogP contribution in [0.3, 0.4) is 0 Å². The SMILES string of the molecule is COc1nc(O[C@H]2CCc3c(-c4cccc(-c5ccc(C6NCCN6C)c(OC)n5)c4Cl)cccc32)c(Br)cc1CNC(C)(CO)C(=O)O. The highest BCUT2D eigenvalue weighted by atomic mass is 79.9. The van der Waals surface area contributed by atoms with E-state index < -0.39 is 18.1 Å². The van der Waals surface area contributed by atoms with Crippen LogP contribution in [0.15, 0.2) is 59.1 Å². The molecule has 49 heavy (non-hydrogen) atoms. The number of fused-ring (bicyclic) bond motifs is 1. The lowest BCUT2D eigenvalue weighted by Crippen LogP contribution is -2.52. The number of hydrogen-bond acceptors (Lipinski definition) is 10. The molecule has 1 saturated heterocycles. The van der Waals surface area contributed by atoms with Crippen molar-refractivity contribution in [2.45, 2.75) is 44.1 Å². The minimum atomic E-state index is -1.52. The summed E-state index contributed by atoms with van der Waals surface area (Å²) in [5.74, 6) is 0.0472. The normalized spacial score (nSPS) is 18.6. The molecule has 1 aliphatic heterocycles. The van der Waals surface area contributed by atoms with Gasteiger partial charge in [0.15, 0.2) is 0 Å². The van der Waals surface area contributed by atoms with E-state index in [0.29, 0.717) is 26.8 Å². The van der Waals surface area contributed by atoms with E-state index in [2.05, 4.69) is 61.7 Å². The zero-order valence-electron chi connectivity index (χ0n) is 27.7. The highest BCUT2D eigenvalue weighted by molar-refractivity contribution is 9.10. The van der Waals surface area contributed by atoms with Crippen LogP contribution in [0.1, 0.15) is 47.9 Å². The van der Waals surface area contributed by atoms with Crippen molar-refractivity contribution >= 4 is 33.5 Å². The Hall–Kier alpha value is -3.78. The molecule has 11 nitrogen and oxygen atoms in total. The Morgan fingerprint density at radius 2 is 1.80 bits per heavy atom. The maximum atomic E-state index is 11.6. The van der Waals surface area contributed by atoms with E-state index in [1.807, 2.05) is 30.3 Å². The molecule has 2 aromatic carbocycles. The first-order valence-electron chi connectivity index (χ1n) is 16.0. The van der Waals surface area contributed by atoms with Crippen LogP contribution in [-0.4, -0.2) is 77.6 Å². The lowest BCUT2D eigenvalue weighted by molar-refractivity contribution is -0.145. The second-order valence-corrected chi connectivity index (χ2v) is 13.6. The number of rotatable bonds is 12. The Labute approximate surface area is 298 Å². The number of aliphatic hydroxyl groups excluding tert-OH is 1. The number of likely N-dealkylation sites (N-methyl/N-ethyl adjacent to an activating group) is 1. The van der Waals surface area contributed by atoms with Gasteiger partial charge < -0.3 is 24.4 Å². The van der Waals surface area contributed by atoms with E-state index in [9.17, 15) is 15.0 Å². The number of nitrogens with one attached hydrogen (secondary N) is 2. The van der Waals surface area contributed by atoms with Gasteiger partial charge >= 0.3 is 5.97 Å². The van der Waals surface area contributed by atoms with Gasteiger partial charge in [-0.1, -0.05) is 48.0 Å². The third-order valence-corrected chi connectivity index (χ3v) is 10.3. The van der Waals surface area contributed by atoms with E-state index in [4.69, 9.17) is 30.8 Å². The van der Waals surface area contributed by atoms with Gasteiger partial charge in [-0.2, -0.15) is 4.98 Å². The molecule has 0 saturated carbocycles. The number of carboxylic acid groups (broad SMARTS) is 1. The highest BCUT2D eigenvalue weighted by Gasteiger charge is 2.33. The molecule has 3 atom stereocenters. The molecule has 2 unspecified atom stereocenters. The number of aliphatic carboxylic acids is 1. The fourth-order valence-corrected chi connectivity index (χ4v) is 7.20. The summed E-state index contributed by atoms with van der Waals surface area (Å²) in [4.78, 5) is 23.3. The first-order chi connectivity index (χ1) is 23.6. The standard InChI is InChI=1S/C36H39BrClN5O6/c1-36(19-44,35(45)46)40-18-20-17-27(37)34(42-32(20)47-3)49-29-14-12-22-21(7-5-8-23(22)29)24-9-6-10-25(30(24)38)28-13-11-26(33(41-28)48-4)31-39-15-16-43(31)2/h5-11,13,17,29,31,39-40,44H,12,14-16,18-19H2,1-4H3,(H,45,46)/t29-,31?,36?/m0/s1. The quantitative estimate of drug-likeness (QED) is 0.140. The summed E-state index contributed by atoms with van der Waals surface area (Å²) in [6, 6.07) is 18.0. The Balaban J connectivity index is 1.26. The molecule has 3 heterocycles. The third-order valence-electron chi connectivity index (χ3n) is 9.29. The average molecular weight is 753 g/mol. The smallest absolute Gasteiger partial charge is 0.326 e. The van der Waals surface area contributed by atoms with E-state index in [-0.39, 0.29) is 24.7 Å². The van der Waals surface area contributed by atoms with Crippen molar-refractivity contribution in [1.82, 2.24) is 25.5 Å². The summed E-state index contributed by atoms with van der Waals surface area (Å²) in [5, 5.41) is 26.1. The van der Waals surface area contributed by atoms with Crippen molar-refractivity contribution in [2.24, 2.45) is 0 Å². The zero-order valence-corrected chi connectivity index (χ0v) is 30.1. The number of benzene rings is 2. The van der Waals surface area contributed by atoms with Crippen LogP contribution in [0.4, 0.5) is 0 Å². The maximum Gasteiger partial charge on any atom is 0.326 e. The summed E-state index contributed by atoms with van der Waals surface area (Å²) in [7, 11) is 5.21. The summed E-state index contributed by atoms with van der Waals surface area (Å²) < 4.78 is 18.3. The van der Waals surface area contributed by atoms with Crippen LogP contribution in [0.25, 0.3) is 22.4 Å². The Bertz CT molecular complexity index is 1880. The van der Waals surface area contributed by atoms with Crippen molar-refractivity contribution in [2.75, 3.05) is 41.0 Å². The minimum Gasteiger partial charge on any atom is -0.481 e. The number of aromatic nitrogens is 2. The lowest BCUT2D eigenvalue weighted by Gasteiger charge is -2.24. The molecule has 1 fully saturated rings. The fraction of sp³-hybridized carbons (Fsp3) is 0.361. The van der Waals surface area contributed by atoms with Crippen LogP contribution >= 0.6 is 27.5 Å². The Morgan fingerprint density at radius 3 is 2.49 bits per heavy atom. The van der Waals surface area contributed by atoms with Gasteiger partial charge in [0.2, 0.25) is 17.6 Å². The summed E-state index contributed by atoms with van der Waals surface area (Å²) in [5.41, 5.74) is 5.78. The molecule has 0 bridgehead atoms. The van der Waals surface area contributed by atoms with Gasteiger partial charge in [-0.3, -0.25) is 20.3 Å². The van der Waals surface area contributed by atoms with E-state index >= 15 is 0 Å². The largest absolute Gasteiger partial charge is 0.481 e. The van der Waals surface area contributed by atoms with Crippen molar-refractivity contribution in [3.8, 4) is 40.0 Å². The first-order valence-corrected chi connectivity index (χ1v) is 17.1. The molecule has 6 rings (SSSR count). The van der Waals surface area contributed by atoms with Gasteiger partial charge in [0, 0.05) is 41.9 Å². The lowest BCUT2D eigenvalue weighted by atomic mass is 9.94. The number of nitrogens with zero attached hydrogens (tertiary/aromatic N) is 3. The Kier molecular flexibility index (Phi) is 10.4. The van der Waals surface area contributed by atoms with Gasteiger partial charge in [-0.25, -0.2) is 4.98 Å². The van der Waals surface area contributed by atoms with E-state index in [0.717, 1.165) is 65.0 Å². The number of carbonyl (C=O) groups is 1. The number of hydrogen-bond donors (Lipinski definition) is 4.